The topological polar surface area (TPSA) is 65.1 Å². The Morgan fingerprint density at radius 2 is 2.16 bits per heavy atom. The van der Waals surface area contributed by atoms with Crippen molar-refractivity contribution in [3.8, 4) is 0 Å². The predicted molar refractivity (Wildman–Crippen MR) is 78.6 cm³/mol. The van der Waals surface area contributed by atoms with E-state index < -0.39 is 0 Å². The summed E-state index contributed by atoms with van der Waals surface area (Å²) in [7, 11) is 2.16. The van der Waals surface area contributed by atoms with E-state index in [0.29, 0.717) is 6.04 Å². The molecule has 0 saturated carbocycles. The van der Waals surface area contributed by atoms with Crippen molar-refractivity contribution in [2.24, 2.45) is 0 Å². The van der Waals surface area contributed by atoms with Gasteiger partial charge in [0, 0.05) is 44.8 Å². The van der Waals surface area contributed by atoms with Crippen LogP contribution in [0.5, 0.6) is 0 Å². The number of hydrogen-bond acceptors (Lipinski definition) is 6. The van der Waals surface area contributed by atoms with Crippen LogP contribution in [0.25, 0.3) is 0 Å². The van der Waals surface area contributed by atoms with Crippen molar-refractivity contribution in [3.63, 3.8) is 0 Å². The van der Waals surface area contributed by atoms with Crippen LogP contribution in [0.2, 0.25) is 0 Å². The van der Waals surface area contributed by atoms with Gasteiger partial charge < -0.3 is 20.9 Å². The second kappa shape index (κ2) is 7.25. The maximum absolute atomic E-state index is 4.25. The standard InChI is InChI=1S/C13H24N6/c1-3-4-15-12-7-13(18-10-17-12)16-8-11-9-19(2)6-5-14-11/h7,10-11,14H,3-6,8-9H2,1-2H3,(H2,15,16,17,18). The maximum Gasteiger partial charge on any atom is 0.131 e. The Bertz CT molecular complexity index is 383. The molecule has 106 valence electrons. The summed E-state index contributed by atoms with van der Waals surface area (Å²) < 4.78 is 0. The number of anilines is 2. The molecular weight excluding hydrogens is 240 g/mol. The fourth-order valence-electron chi connectivity index (χ4n) is 2.16. The molecule has 0 spiro atoms. The molecular formula is C13H24N6. The number of piperazine rings is 1. The van der Waals surface area contributed by atoms with Crippen LogP contribution in [0.15, 0.2) is 12.4 Å². The lowest BCUT2D eigenvalue weighted by Crippen LogP contribution is -2.51. The first-order valence-electron chi connectivity index (χ1n) is 6.99. The van der Waals surface area contributed by atoms with Crippen molar-refractivity contribution in [1.29, 1.82) is 0 Å². The van der Waals surface area contributed by atoms with Crippen LogP contribution < -0.4 is 16.0 Å². The van der Waals surface area contributed by atoms with Crippen molar-refractivity contribution in [3.05, 3.63) is 12.4 Å². The van der Waals surface area contributed by atoms with Gasteiger partial charge in [-0.25, -0.2) is 9.97 Å². The molecule has 1 aromatic rings. The lowest BCUT2D eigenvalue weighted by atomic mass is 10.2. The van der Waals surface area contributed by atoms with E-state index in [1.807, 2.05) is 6.07 Å². The van der Waals surface area contributed by atoms with E-state index in [4.69, 9.17) is 0 Å². The molecule has 0 radical (unpaired) electrons. The zero-order valence-electron chi connectivity index (χ0n) is 11.8. The van der Waals surface area contributed by atoms with Gasteiger partial charge in [0.15, 0.2) is 0 Å². The van der Waals surface area contributed by atoms with E-state index in [0.717, 1.165) is 50.8 Å². The largest absolute Gasteiger partial charge is 0.370 e. The monoisotopic (exact) mass is 264 g/mol. The van der Waals surface area contributed by atoms with Crippen LogP contribution in [0, 0.1) is 0 Å². The summed E-state index contributed by atoms with van der Waals surface area (Å²) in [6.07, 6.45) is 2.69. The second-order valence-corrected chi connectivity index (χ2v) is 5.01. The quantitative estimate of drug-likeness (QED) is 0.700. The highest BCUT2D eigenvalue weighted by molar-refractivity contribution is 5.46. The van der Waals surface area contributed by atoms with E-state index in [-0.39, 0.29) is 0 Å². The SMILES string of the molecule is CCCNc1cc(NCC2CN(C)CCN2)ncn1. The van der Waals surface area contributed by atoms with Gasteiger partial charge >= 0.3 is 0 Å². The normalized spacial score (nSPS) is 20.2. The Morgan fingerprint density at radius 3 is 2.89 bits per heavy atom. The molecule has 0 amide bonds. The zero-order chi connectivity index (χ0) is 13.5. The maximum atomic E-state index is 4.25. The van der Waals surface area contributed by atoms with Crippen LogP contribution in [-0.2, 0) is 0 Å². The van der Waals surface area contributed by atoms with Gasteiger partial charge in [-0.15, -0.1) is 0 Å². The van der Waals surface area contributed by atoms with Crippen LogP contribution in [0.3, 0.4) is 0 Å². The molecule has 1 aliphatic heterocycles. The number of rotatable bonds is 6. The molecule has 6 heteroatoms. The lowest BCUT2D eigenvalue weighted by Gasteiger charge is -2.31. The third kappa shape index (κ3) is 4.65. The molecule has 19 heavy (non-hydrogen) atoms. The van der Waals surface area contributed by atoms with Crippen molar-refractivity contribution < 1.29 is 0 Å². The predicted octanol–water partition coefficient (Wildman–Crippen LogP) is 0.614. The van der Waals surface area contributed by atoms with Gasteiger partial charge in [-0.2, -0.15) is 0 Å². The Balaban J connectivity index is 1.81. The minimum Gasteiger partial charge on any atom is -0.370 e. The zero-order valence-corrected chi connectivity index (χ0v) is 11.8. The Labute approximate surface area is 115 Å². The summed E-state index contributed by atoms with van der Waals surface area (Å²) in [5, 5.41) is 10.1. The summed E-state index contributed by atoms with van der Waals surface area (Å²) in [6.45, 7) is 7.20. The number of aromatic nitrogens is 2. The summed E-state index contributed by atoms with van der Waals surface area (Å²) >= 11 is 0. The smallest absolute Gasteiger partial charge is 0.131 e. The fourth-order valence-corrected chi connectivity index (χ4v) is 2.16. The first kappa shape index (κ1) is 14.0. The van der Waals surface area contributed by atoms with Gasteiger partial charge in [0.05, 0.1) is 0 Å². The fraction of sp³-hybridized carbons (Fsp3) is 0.692. The van der Waals surface area contributed by atoms with E-state index in [1.165, 1.54) is 0 Å². The highest BCUT2D eigenvalue weighted by Gasteiger charge is 2.15. The number of nitrogens with one attached hydrogen (secondary N) is 3. The van der Waals surface area contributed by atoms with Gasteiger partial charge in [0.2, 0.25) is 0 Å². The summed E-state index contributed by atoms with van der Waals surface area (Å²) in [6, 6.07) is 2.43. The van der Waals surface area contributed by atoms with Crippen LogP contribution in [-0.4, -0.2) is 60.7 Å². The van der Waals surface area contributed by atoms with Crippen LogP contribution >= 0.6 is 0 Å². The molecule has 1 fully saturated rings. The molecule has 2 rings (SSSR count). The van der Waals surface area contributed by atoms with Crippen molar-refractivity contribution >= 4 is 11.6 Å². The van der Waals surface area contributed by atoms with Crippen LogP contribution in [0.4, 0.5) is 11.6 Å². The molecule has 3 N–H and O–H groups in total. The van der Waals surface area contributed by atoms with Crippen molar-refractivity contribution in [1.82, 2.24) is 20.2 Å². The molecule has 1 atom stereocenters. The van der Waals surface area contributed by atoms with Crippen molar-refractivity contribution in [2.45, 2.75) is 19.4 Å². The molecule has 1 saturated heterocycles. The minimum atomic E-state index is 0.473. The van der Waals surface area contributed by atoms with E-state index >= 15 is 0 Å². The highest BCUT2D eigenvalue weighted by atomic mass is 15.2. The third-order valence-corrected chi connectivity index (χ3v) is 3.21. The van der Waals surface area contributed by atoms with Crippen molar-refractivity contribution in [2.75, 3.05) is 50.4 Å². The highest BCUT2D eigenvalue weighted by Crippen LogP contribution is 2.08. The Kier molecular flexibility index (Phi) is 5.35. The summed E-state index contributed by atoms with van der Waals surface area (Å²) in [5.74, 6) is 1.76. The second-order valence-electron chi connectivity index (χ2n) is 5.01. The summed E-state index contributed by atoms with van der Waals surface area (Å²) in [4.78, 5) is 10.8. The van der Waals surface area contributed by atoms with E-state index in [1.54, 1.807) is 6.33 Å². The van der Waals surface area contributed by atoms with E-state index in [9.17, 15) is 0 Å². The Hall–Kier alpha value is -1.40. The molecule has 1 aromatic heterocycles. The first-order valence-corrected chi connectivity index (χ1v) is 6.99. The van der Waals surface area contributed by atoms with Gasteiger partial charge in [-0.05, 0) is 13.5 Å². The summed E-state index contributed by atoms with van der Waals surface area (Å²) in [5.41, 5.74) is 0. The van der Waals surface area contributed by atoms with Gasteiger partial charge in [0.25, 0.3) is 0 Å². The van der Waals surface area contributed by atoms with Gasteiger partial charge in [-0.1, -0.05) is 6.92 Å². The lowest BCUT2D eigenvalue weighted by molar-refractivity contribution is 0.244. The molecule has 0 bridgehead atoms. The molecule has 2 heterocycles. The molecule has 6 nitrogen and oxygen atoms in total. The van der Waals surface area contributed by atoms with Crippen LogP contribution in [0.1, 0.15) is 13.3 Å². The number of likely N-dealkylation sites (N-methyl/N-ethyl adjacent to an activating group) is 1. The number of hydrogen-bond donors (Lipinski definition) is 3. The average molecular weight is 264 g/mol. The van der Waals surface area contributed by atoms with Gasteiger partial charge in [-0.3, -0.25) is 0 Å². The molecule has 1 unspecified atom stereocenters. The Morgan fingerprint density at radius 1 is 1.37 bits per heavy atom. The average Bonchev–Trinajstić information content (AvgIpc) is 2.43. The molecule has 1 aliphatic rings. The molecule has 0 aromatic carbocycles. The first-order chi connectivity index (χ1) is 9.28. The minimum absolute atomic E-state index is 0.473. The van der Waals surface area contributed by atoms with Gasteiger partial charge in [0.1, 0.15) is 18.0 Å². The number of nitrogens with zero attached hydrogens (tertiary/aromatic N) is 3. The van der Waals surface area contributed by atoms with E-state index in [2.05, 4.69) is 44.8 Å². The third-order valence-electron chi connectivity index (χ3n) is 3.21. The molecule has 0 aliphatic carbocycles.